The second kappa shape index (κ2) is 13.8. The molecule has 0 unspecified atom stereocenters. The molecule has 35 heavy (non-hydrogen) atoms. The van der Waals surface area contributed by atoms with Gasteiger partial charge in [-0.25, -0.2) is 0 Å². The van der Waals surface area contributed by atoms with E-state index in [0.29, 0.717) is 5.92 Å². The lowest BCUT2D eigenvalue weighted by Gasteiger charge is -2.38. The number of hydrogen-bond acceptors (Lipinski definition) is 2. The average Bonchev–Trinajstić information content (AvgIpc) is 2.90. The molecule has 2 heteroatoms. The summed E-state index contributed by atoms with van der Waals surface area (Å²) in [6.45, 7) is 4.55. The fourth-order valence-corrected chi connectivity index (χ4v) is 7.48. The molecule has 0 aliphatic heterocycles. The normalized spacial score (nSPS) is 31.7. The van der Waals surface area contributed by atoms with E-state index < -0.39 is 0 Å². The van der Waals surface area contributed by atoms with Crippen molar-refractivity contribution in [1.29, 1.82) is 0 Å². The van der Waals surface area contributed by atoms with Crippen molar-refractivity contribution < 1.29 is 9.53 Å². The number of rotatable bonds is 10. The van der Waals surface area contributed by atoms with Crippen molar-refractivity contribution in [3.05, 3.63) is 35.4 Å². The van der Waals surface area contributed by atoms with Crippen LogP contribution >= 0.6 is 0 Å². The Labute approximate surface area is 216 Å². The van der Waals surface area contributed by atoms with E-state index in [-0.39, 0.29) is 18.0 Å². The van der Waals surface area contributed by atoms with Crippen LogP contribution in [0.15, 0.2) is 24.3 Å². The molecule has 0 amide bonds. The van der Waals surface area contributed by atoms with Crippen molar-refractivity contribution in [2.45, 2.75) is 141 Å². The van der Waals surface area contributed by atoms with Crippen molar-refractivity contribution in [3.8, 4) is 0 Å². The lowest BCUT2D eigenvalue weighted by molar-refractivity contribution is -0.157. The molecule has 2 nitrogen and oxygen atoms in total. The summed E-state index contributed by atoms with van der Waals surface area (Å²) in [5.74, 6) is 3.73. The van der Waals surface area contributed by atoms with Gasteiger partial charge in [-0.05, 0) is 105 Å². The second-order valence-corrected chi connectivity index (χ2v) is 12.3. The third-order valence-corrected chi connectivity index (χ3v) is 9.83. The minimum atomic E-state index is 0.121. The van der Waals surface area contributed by atoms with Crippen LogP contribution in [0.3, 0.4) is 0 Å². The lowest BCUT2D eigenvalue weighted by Crippen LogP contribution is -2.32. The fraction of sp³-hybridized carbons (Fsp3) is 0.788. The van der Waals surface area contributed by atoms with Crippen LogP contribution in [0.25, 0.3) is 0 Å². The Morgan fingerprint density at radius 2 is 1.37 bits per heavy atom. The van der Waals surface area contributed by atoms with Gasteiger partial charge in [-0.3, -0.25) is 4.79 Å². The van der Waals surface area contributed by atoms with Crippen LogP contribution in [0.1, 0.15) is 140 Å². The van der Waals surface area contributed by atoms with E-state index >= 15 is 0 Å². The molecule has 3 saturated carbocycles. The molecule has 0 spiro atoms. The molecule has 3 aliphatic rings. The smallest absolute Gasteiger partial charge is 0.309 e. The quantitative estimate of drug-likeness (QED) is 0.246. The highest BCUT2D eigenvalue weighted by atomic mass is 16.5. The Balaban J connectivity index is 1.13. The molecule has 1 aromatic carbocycles. The predicted octanol–water partition coefficient (Wildman–Crippen LogP) is 9.40. The van der Waals surface area contributed by atoms with E-state index in [0.717, 1.165) is 56.3 Å². The molecule has 196 valence electrons. The van der Waals surface area contributed by atoms with E-state index in [4.69, 9.17) is 4.74 Å². The molecular weight excluding hydrogens is 428 g/mol. The van der Waals surface area contributed by atoms with Gasteiger partial charge in [0.25, 0.3) is 0 Å². The SMILES string of the molecule is CCCCC[C@H]1CC[C@H]([C@H]2CC[C@H](C(=O)O[C@H]3CC[C@H](c4ccc(CCC)cc4)CC3)CC2)CC1. The summed E-state index contributed by atoms with van der Waals surface area (Å²) in [5, 5.41) is 0. The number of esters is 1. The van der Waals surface area contributed by atoms with Crippen LogP contribution < -0.4 is 0 Å². The maximum Gasteiger partial charge on any atom is 0.309 e. The van der Waals surface area contributed by atoms with Gasteiger partial charge in [-0.2, -0.15) is 0 Å². The largest absolute Gasteiger partial charge is 0.462 e. The molecule has 0 heterocycles. The standard InChI is InChI=1S/C33H52O2/c1-3-5-6-8-26-11-15-27(16-12-26)29-17-19-31(20-18-29)33(34)35-32-23-21-30(22-24-32)28-13-9-25(7-4-2)10-14-28/h9-10,13-14,26-27,29-32H,3-8,11-12,15-24H2,1-2H3/t26-,27-,29-,30-,31-,32-. The molecule has 1 aromatic rings. The zero-order chi connectivity index (χ0) is 24.5. The molecule has 3 fully saturated rings. The lowest BCUT2D eigenvalue weighted by atomic mass is 9.68. The average molecular weight is 481 g/mol. The van der Waals surface area contributed by atoms with Crippen molar-refractivity contribution >= 4 is 5.97 Å². The van der Waals surface area contributed by atoms with Gasteiger partial charge < -0.3 is 4.74 Å². The Bertz CT molecular complexity index is 729. The summed E-state index contributed by atoms with van der Waals surface area (Å²) in [6, 6.07) is 9.28. The highest BCUT2D eigenvalue weighted by molar-refractivity contribution is 5.72. The van der Waals surface area contributed by atoms with Gasteiger partial charge in [-0.15, -0.1) is 0 Å². The van der Waals surface area contributed by atoms with Crippen LogP contribution in [0.5, 0.6) is 0 Å². The van der Waals surface area contributed by atoms with Crippen molar-refractivity contribution in [2.24, 2.45) is 23.7 Å². The predicted molar refractivity (Wildman–Crippen MR) is 147 cm³/mol. The molecule has 3 aliphatic carbocycles. The van der Waals surface area contributed by atoms with Crippen LogP contribution in [0, 0.1) is 23.7 Å². The second-order valence-electron chi connectivity index (χ2n) is 12.3. The first-order chi connectivity index (χ1) is 17.2. The first-order valence-corrected chi connectivity index (χ1v) is 15.5. The van der Waals surface area contributed by atoms with Crippen molar-refractivity contribution in [3.63, 3.8) is 0 Å². The summed E-state index contributed by atoms with van der Waals surface area (Å²) in [6.07, 6.45) is 23.0. The summed E-state index contributed by atoms with van der Waals surface area (Å²) >= 11 is 0. The number of unbranched alkanes of at least 4 members (excludes halogenated alkanes) is 2. The zero-order valence-corrected chi connectivity index (χ0v) is 22.8. The van der Waals surface area contributed by atoms with E-state index in [9.17, 15) is 4.79 Å². The number of hydrogen-bond donors (Lipinski definition) is 0. The topological polar surface area (TPSA) is 26.3 Å². The van der Waals surface area contributed by atoms with E-state index in [1.165, 1.54) is 88.2 Å². The number of ether oxygens (including phenoxy) is 1. The third kappa shape index (κ3) is 7.83. The fourth-order valence-electron chi connectivity index (χ4n) is 7.48. The van der Waals surface area contributed by atoms with Crippen LogP contribution in [0.4, 0.5) is 0 Å². The molecule has 0 radical (unpaired) electrons. The molecule has 0 saturated heterocycles. The maximum atomic E-state index is 12.9. The Morgan fingerprint density at radius 1 is 0.743 bits per heavy atom. The van der Waals surface area contributed by atoms with E-state index in [1.807, 2.05) is 0 Å². The monoisotopic (exact) mass is 480 g/mol. The Morgan fingerprint density at radius 3 is 1.97 bits per heavy atom. The highest BCUT2D eigenvalue weighted by Crippen LogP contribution is 2.43. The van der Waals surface area contributed by atoms with Gasteiger partial charge in [0.2, 0.25) is 0 Å². The van der Waals surface area contributed by atoms with Gasteiger partial charge in [0.1, 0.15) is 6.10 Å². The summed E-state index contributed by atoms with van der Waals surface area (Å²) in [7, 11) is 0. The minimum Gasteiger partial charge on any atom is -0.462 e. The number of aryl methyl sites for hydroxylation is 1. The minimum absolute atomic E-state index is 0.121. The van der Waals surface area contributed by atoms with Crippen molar-refractivity contribution in [2.75, 3.05) is 0 Å². The maximum absolute atomic E-state index is 12.9. The van der Waals surface area contributed by atoms with Crippen LogP contribution in [0.2, 0.25) is 0 Å². The molecule has 4 rings (SSSR count). The summed E-state index contributed by atoms with van der Waals surface area (Å²) in [4.78, 5) is 12.9. The number of carbonyl (C=O) groups is 1. The van der Waals surface area contributed by atoms with Gasteiger partial charge in [-0.1, -0.05) is 83.1 Å². The first kappa shape index (κ1) is 26.7. The van der Waals surface area contributed by atoms with Gasteiger partial charge in [0.05, 0.1) is 5.92 Å². The molecule has 0 aromatic heterocycles. The molecular formula is C33H52O2. The van der Waals surface area contributed by atoms with E-state index in [1.54, 1.807) is 0 Å². The molecule has 0 bridgehead atoms. The highest BCUT2D eigenvalue weighted by Gasteiger charge is 2.34. The van der Waals surface area contributed by atoms with Crippen LogP contribution in [-0.4, -0.2) is 12.1 Å². The number of carbonyl (C=O) groups excluding carboxylic acids is 1. The third-order valence-electron chi connectivity index (χ3n) is 9.83. The molecule has 0 N–H and O–H groups in total. The molecule has 0 atom stereocenters. The van der Waals surface area contributed by atoms with Gasteiger partial charge >= 0.3 is 5.97 Å². The summed E-state index contributed by atoms with van der Waals surface area (Å²) in [5.41, 5.74) is 2.92. The van der Waals surface area contributed by atoms with Crippen LogP contribution in [-0.2, 0) is 16.0 Å². The Hall–Kier alpha value is -1.31. The van der Waals surface area contributed by atoms with Crippen molar-refractivity contribution in [1.82, 2.24) is 0 Å². The first-order valence-electron chi connectivity index (χ1n) is 15.5. The number of benzene rings is 1. The Kier molecular flexibility index (Phi) is 10.6. The zero-order valence-electron chi connectivity index (χ0n) is 22.8. The van der Waals surface area contributed by atoms with E-state index in [2.05, 4.69) is 38.1 Å². The van der Waals surface area contributed by atoms with Gasteiger partial charge in [0, 0.05) is 0 Å². The van der Waals surface area contributed by atoms with Gasteiger partial charge in [0.15, 0.2) is 0 Å². The summed E-state index contributed by atoms with van der Waals surface area (Å²) < 4.78 is 6.07.